The minimum atomic E-state index is -0.700. The Balaban J connectivity index is 1.53. The summed E-state index contributed by atoms with van der Waals surface area (Å²) in [7, 11) is 0. The molecular weight excluding hydrogens is 380 g/mol. The number of hydrogen-bond donors (Lipinski definition) is 1. The molecule has 0 saturated heterocycles. The van der Waals surface area contributed by atoms with Crippen molar-refractivity contribution in [3.63, 3.8) is 0 Å². The van der Waals surface area contributed by atoms with Gasteiger partial charge >= 0.3 is 0 Å². The predicted molar refractivity (Wildman–Crippen MR) is 108 cm³/mol. The molecule has 136 valence electrons. The van der Waals surface area contributed by atoms with E-state index in [1.54, 1.807) is 4.68 Å². The number of hydrogen-bond acceptors (Lipinski definition) is 5. The summed E-state index contributed by atoms with van der Waals surface area (Å²) >= 11 is 7.43. The first kappa shape index (κ1) is 17.9. The van der Waals surface area contributed by atoms with E-state index in [2.05, 4.69) is 15.3 Å². The van der Waals surface area contributed by atoms with Crippen LogP contribution in [0.15, 0.2) is 60.8 Å². The summed E-state index contributed by atoms with van der Waals surface area (Å²) in [6.07, 6.45) is 1.14. The highest BCUT2D eigenvalue weighted by molar-refractivity contribution is 7.15. The standard InChI is InChI=1S/C20H17ClN4OS/c1-13-19(27-20(22-13)15-7-9-16(21)10-8-15)18(26)12-25-11-17(23-24-25)14-5-3-2-4-6-14/h2-11,18,26H,12H2,1H3. The number of nitrogens with zero attached hydrogens (tertiary/aromatic N) is 4. The maximum atomic E-state index is 10.7. The zero-order valence-electron chi connectivity index (χ0n) is 14.6. The Hall–Kier alpha value is -2.54. The highest BCUT2D eigenvalue weighted by Crippen LogP contribution is 2.33. The van der Waals surface area contributed by atoms with E-state index in [9.17, 15) is 5.11 Å². The van der Waals surface area contributed by atoms with Crippen molar-refractivity contribution in [2.45, 2.75) is 19.6 Å². The zero-order valence-corrected chi connectivity index (χ0v) is 16.2. The molecule has 0 spiro atoms. The van der Waals surface area contributed by atoms with Crippen LogP contribution in [0.4, 0.5) is 0 Å². The second kappa shape index (κ2) is 7.60. The minimum Gasteiger partial charge on any atom is -0.386 e. The molecule has 0 radical (unpaired) electrons. The van der Waals surface area contributed by atoms with Gasteiger partial charge < -0.3 is 5.11 Å². The predicted octanol–water partition coefficient (Wildman–Crippen LogP) is 4.76. The van der Waals surface area contributed by atoms with Gasteiger partial charge in [0.1, 0.15) is 16.8 Å². The zero-order chi connectivity index (χ0) is 18.8. The third-order valence-corrected chi connectivity index (χ3v) is 5.75. The van der Waals surface area contributed by atoms with Crippen molar-refractivity contribution in [2.24, 2.45) is 0 Å². The largest absolute Gasteiger partial charge is 0.386 e. The van der Waals surface area contributed by atoms with Gasteiger partial charge in [-0.3, -0.25) is 0 Å². The number of aryl methyl sites for hydroxylation is 1. The number of halogens is 1. The molecule has 0 aliphatic heterocycles. The topological polar surface area (TPSA) is 63.8 Å². The van der Waals surface area contributed by atoms with Crippen LogP contribution in [0, 0.1) is 6.92 Å². The Morgan fingerprint density at radius 3 is 2.56 bits per heavy atom. The summed E-state index contributed by atoms with van der Waals surface area (Å²) in [5, 5.41) is 20.6. The average Bonchev–Trinajstić information content (AvgIpc) is 3.30. The van der Waals surface area contributed by atoms with E-state index in [-0.39, 0.29) is 0 Å². The van der Waals surface area contributed by atoms with Crippen molar-refractivity contribution in [3.8, 4) is 21.8 Å². The molecular formula is C20H17ClN4OS. The van der Waals surface area contributed by atoms with Gasteiger partial charge in [0.05, 0.1) is 23.3 Å². The molecule has 2 heterocycles. The highest BCUT2D eigenvalue weighted by atomic mass is 35.5. The molecule has 1 unspecified atom stereocenters. The van der Waals surface area contributed by atoms with E-state index < -0.39 is 6.10 Å². The molecule has 0 fully saturated rings. The number of benzene rings is 2. The Labute approximate surface area is 165 Å². The number of rotatable bonds is 5. The Morgan fingerprint density at radius 1 is 1.07 bits per heavy atom. The van der Waals surface area contributed by atoms with Crippen molar-refractivity contribution >= 4 is 22.9 Å². The maximum absolute atomic E-state index is 10.7. The van der Waals surface area contributed by atoms with Gasteiger partial charge in [0.2, 0.25) is 0 Å². The SMILES string of the molecule is Cc1nc(-c2ccc(Cl)cc2)sc1C(O)Cn1cc(-c2ccccc2)nn1. The molecule has 2 aromatic heterocycles. The molecule has 4 aromatic rings. The van der Waals surface area contributed by atoms with Crippen LogP contribution in [-0.2, 0) is 6.54 Å². The van der Waals surface area contributed by atoms with Gasteiger partial charge in [0.25, 0.3) is 0 Å². The summed E-state index contributed by atoms with van der Waals surface area (Å²) in [4.78, 5) is 5.43. The van der Waals surface area contributed by atoms with Crippen LogP contribution < -0.4 is 0 Å². The number of aliphatic hydroxyl groups excluding tert-OH is 1. The number of aromatic nitrogens is 4. The van der Waals surface area contributed by atoms with Crippen LogP contribution in [0.3, 0.4) is 0 Å². The molecule has 0 amide bonds. The quantitative estimate of drug-likeness (QED) is 0.528. The summed E-state index contributed by atoms with van der Waals surface area (Å²) in [5.41, 5.74) is 3.59. The molecule has 0 aliphatic carbocycles. The van der Waals surface area contributed by atoms with Crippen molar-refractivity contribution < 1.29 is 5.11 Å². The van der Waals surface area contributed by atoms with Crippen LogP contribution in [0.2, 0.25) is 5.02 Å². The highest BCUT2D eigenvalue weighted by Gasteiger charge is 2.18. The van der Waals surface area contributed by atoms with Gasteiger partial charge in [-0.2, -0.15) is 0 Å². The van der Waals surface area contributed by atoms with Crippen molar-refractivity contribution in [1.29, 1.82) is 0 Å². The molecule has 0 bridgehead atoms. The fourth-order valence-corrected chi connectivity index (χ4v) is 4.00. The minimum absolute atomic E-state index is 0.322. The summed E-state index contributed by atoms with van der Waals surface area (Å²) in [6.45, 7) is 2.23. The van der Waals surface area contributed by atoms with Gasteiger partial charge in [-0.1, -0.05) is 59.3 Å². The van der Waals surface area contributed by atoms with E-state index in [1.165, 1.54) is 11.3 Å². The van der Waals surface area contributed by atoms with E-state index in [1.807, 2.05) is 67.7 Å². The van der Waals surface area contributed by atoms with E-state index in [0.717, 1.165) is 32.4 Å². The molecule has 0 aliphatic rings. The van der Waals surface area contributed by atoms with Gasteiger partial charge in [-0.05, 0) is 19.1 Å². The van der Waals surface area contributed by atoms with Crippen LogP contribution in [0.1, 0.15) is 16.7 Å². The van der Waals surface area contributed by atoms with Gasteiger partial charge in [-0.25, -0.2) is 9.67 Å². The fraction of sp³-hybridized carbons (Fsp3) is 0.150. The van der Waals surface area contributed by atoms with Gasteiger partial charge in [0, 0.05) is 16.1 Å². The van der Waals surface area contributed by atoms with Crippen LogP contribution in [0.25, 0.3) is 21.8 Å². The van der Waals surface area contributed by atoms with Crippen molar-refractivity contribution in [2.75, 3.05) is 0 Å². The first-order valence-corrected chi connectivity index (χ1v) is 9.66. The van der Waals surface area contributed by atoms with Crippen molar-refractivity contribution in [1.82, 2.24) is 20.0 Å². The number of aliphatic hydroxyl groups is 1. The maximum Gasteiger partial charge on any atom is 0.123 e. The average molecular weight is 397 g/mol. The second-order valence-electron chi connectivity index (χ2n) is 6.18. The molecule has 5 nitrogen and oxygen atoms in total. The Bertz CT molecular complexity index is 1040. The third-order valence-electron chi connectivity index (χ3n) is 4.19. The van der Waals surface area contributed by atoms with E-state index >= 15 is 0 Å². The summed E-state index contributed by atoms with van der Waals surface area (Å²) < 4.78 is 1.66. The smallest absolute Gasteiger partial charge is 0.123 e. The van der Waals surface area contributed by atoms with Crippen LogP contribution >= 0.6 is 22.9 Å². The molecule has 4 rings (SSSR count). The second-order valence-corrected chi connectivity index (χ2v) is 7.65. The summed E-state index contributed by atoms with van der Waals surface area (Å²) in [5.74, 6) is 0. The van der Waals surface area contributed by atoms with Crippen LogP contribution in [0.5, 0.6) is 0 Å². The molecule has 1 N–H and O–H groups in total. The number of thiazole rings is 1. The summed E-state index contributed by atoms with van der Waals surface area (Å²) in [6, 6.07) is 17.4. The first-order chi connectivity index (χ1) is 13.1. The van der Waals surface area contributed by atoms with Crippen molar-refractivity contribution in [3.05, 3.63) is 76.4 Å². The Morgan fingerprint density at radius 2 is 1.81 bits per heavy atom. The third kappa shape index (κ3) is 3.93. The van der Waals surface area contributed by atoms with Gasteiger partial charge in [-0.15, -0.1) is 16.4 Å². The molecule has 1 atom stereocenters. The first-order valence-electron chi connectivity index (χ1n) is 8.47. The Kier molecular flexibility index (Phi) is 5.03. The molecule has 7 heteroatoms. The molecule has 27 heavy (non-hydrogen) atoms. The van der Waals surface area contributed by atoms with Gasteiger partial charge in [0.15, 0.2) is 0 Å². The normalized spacial score (nSPS) is 12.3. The lowest BCUT2D eigenvalue weighted by atomic mass is 10.2. The monoisotopic (exact) mass is 396 g/mol. The van der Waals surface area contributed by atoms with Crippen LogP contribution in [-0.4, -0.2) is 25.1 Å². The molecule has 2 aromatic carbocycles. The van der Waals surface area contributed by atoms with E-state index in [0.29, 0.717) is 11.6 Å². The lowest BCUT2D eigenvalue weighted by Gasteiger charge is -2.08. The lowest BCUT2D eigenvalue weighted by Crippen LogP contribution is -2.09. The lowest BCUT2D eigenvalue weighted by molar-refractivity contribution is 0.153. The fourth-order valence-electron chi connectivity index (χ4n) is 2.82. The molecule has 0 saturated carbocycles. The van der Waals surface area contributed by atoms with E-state index in [4.69, 9.17) is 11.6 Å².